The Morgan fingerprint density at radius 2 is 2.12 bits per heavy atom. The highest BCUT2D eigenvalue weighted by atomic mass is 32.1. The normalized spacial score (nSPS) is 13.9. The monoisotopic (exact) mass is 338 g/mol. The molecule has 0 saturated heterocycles. The van der Waals surface area contributed by atoms with Crippen molar-refractivity contribution in [2.24, 2.45) is 7.05 Å². The summed E-state index contributed by atoms with van der Waals surface area (Å²) in [7, 11) is 1.89. The smallest absolute Gasteiger partial charge is 0.260 e. The van der Waals surface area contributed by atoms with Gasteiger partial charge in [0.2, 0.25) is 0 Å². The van der Waals surface area contributed by atoms with Crippen LogP contribution < -0.4 is 5.32 Å². The summed E-state index contributed by atoms with van der Waals surface area (Å²) in [6.07, 6.45) is 3.92. The standard InChI is InChI=1S/C18H18N4OS/c1-11-5-3-4-6-13(11)15-10-24-18(20-15)21-17(23)14-9-19-22(2)16(14)12-7-8-12/h3-6,9-10,12H,7-8H2,1-2H3,(H,20,21,23). The zero-order valence-electron chi connectivity index (χ0n) is 13.6. The second-order valence-corrected chi connectivity index (χ2v) is 7.01. The summed E-state index contributed by atoms with van der Waals surface area (Å²) < 4.78 is 1.81. The van der Waals surface area contributed by atoms with E-state index < -0.39 is 0 Å². The van der Waals surface area contributed by atoms with Gasteiger partial charge in [-0.1, -0.05) is 24.3 Å². The van der Waals surface area contributed by atoms with Gasteiger partial charge in [0, 0.05) is 23.9 Å². The molecule has 2 heterocycles. The fourth-order valence-corrected chi connectivity index (χ4v) is 3.65. The third-order valence-corrected chi connectivity index (χ3v) is 5.10. The van der Waals surface area contributed by atoms with Gasteiger partial charge in [0.15, 0.2) is 5.13 Å². The minimum absolute atomic E-state index is 0.129. The fourth-order valence-electron chi connectivity index (χ4n) is 2.94. The Labute approximate surface area is 144 Å². The Bertz CT molecular complexity index is 907. The average molecular weight is 338 g/mol. The van der Waals surface area contributed by atoms with Gasteiger partial charge in [-0.15, -0.1) is 11.3 Å². The number of aromatic nitrogens is 3. The molecule has 0 radical (unpaired) electrons. The van der Waals surface area contributed by atoms with Crippen molar-refractivity contribution in [2.45, 2.75) is 25.7 Å². The Balaban J connectivity index is 1.56. The summed E-state index contributed by atoms with van der Waals surface area (Å²) in [5.74, 6) is 0.341. The summed E-state index contributed by atoms with van der Waals surface area (Å²) in [6.45, 7) is 2.06. The summed E-state index contributed by atoms with van der Waals surface area (Å²) >= 11 is 1.44. The average Bonchev–Trinajstić information content (AvgIpc) is 3.17. The molecule has 1 saturated carbocycles. The van der Waals surface area contributed by atoms with Gasteiger partial charge in [-0.2, -0.15) is 5.10 Å². The molecule has 1 aliphatic rings. The highest BCUT2D eigenvalue weighted by Gasteiger charge is 2.31. The van der Waals surface area contributed by atoms with Gasteiger partial charge in [-0.05, 0) is 25.3 Å². The van der Waals surface area contributed by atoms with Gasteiger partial charge in [-0.25, -0.2) is 4.98 Å². The quantitative estimate of drug-likeness (QED) is 0.783. The number of amides is 1. The van der Waals surface area contributed by atoms with E-state index in [2.05, 4.69) is 28.4 Å². The molecule has 122 valence electrons. The molecule has 5 nitrogen and oxygen atoms in total. The summed E-state index contributed by atoms with van der Waals surface area (Å²) in [4.78, 5) is 17.2. The molecule has 0 spiro atoms. The molecule has 0 aliphatic heterocycles. The number of nitrogens with one attached hydrogen (secondary N) is 1. The van der Waals surface area contributed by atoms with E-state index in [-0.39, 0.29) is 5.91 Å². The van der Waals surface area contributed by atoms with Crippen LogP contribution >= 0.6 is 11.3 Å². The van der Waals surface area contributed by atoms with Crippen molar-refractivity contribution in [3.63, 3.8) is 0 Å². The van der Waals surface area contributed by atoms with Crippen LogP contribution in [0.2, 0.25) is 0 Å². The summed E-state index contributed by atoms with van der Waals surface area (Å²) in [5.41, 5.74) is 4.84. The van der Waals surface area contributed by atoms with E-state index in [1.165, 1.54) is 16.9 Å². The van der Waals surface area contributed by atoms with Crippen LogP contribution in [0, 0.1) is 6.92 Å². The Kier molecular flexibility index (Phi) is 3.69. The molecule has 6 heteroatoms. The minimum Gasteiger partial charge on any atom is -0.298 e. The van der Waals surface area contributed by atoms with Gasteiger partial charge in [-0.3, -0.25) is 14.8 Å². The van der Waals surface area contributed by atoms with E-state index in [0.717, 1.165) is 29.8 Å². The lowest BCUT2D eigenvalue weighted by Crippen LogP contribution is -2.13. The number of hydrogen-bond acceptors (Lipinski definition) is 4. The Hall–Kier alpha value is -2.47. The summed E-state index contributed by atoms with van der Waals surface area (Å²) in [5, 5.41) is 9.75. The van der Waals surface area contributed by atoms with Crippen LogP contribution in [0.15, 0.2) is 35.8 Å². The lowest BCUT2D eigenvalue weighted by molar-refractivity contribution is 0.102. The molecule has 4 rings (SSSR count). The molecule has 1 fully saturated rings. The second-order valence-electron chi connectivity index (χ2n) is 6.15. The van der Waals surface area contributed by atoms with Crippen molar-refractivity contribution < 1.29 is 4.79 Å². The maximum atomic E-state index is 12.6. The SMILES string of the molecule is Cc1ccccc1-c1csc(NC(=O)c2cnn(C)c2C2CC2)n1. The molecule has 1 amide bonds. The molecule has 0 atom stereocenters. The van der Waals surface area contributed by atoms with E-state index in [1.807, 2.05) is 35.3 Å². The van der Waals surface area contributed by atoms with Crippen molar-refractivity contribution in [3.05, 3.63) is 52.7 Å². The number of anilines is 1. The zero-order valence-corrected chi connectivity index (χ0v) is 14.4. The van der Waals surface area contributed by atoms with Crippen molar-refractivity contribution >= 4 is 22.4 Å². The minimum atomic E-state index is -0.129. The maximum Gasteiger partial charge on any atom is 0.260 e. The van der Waals surface area contributed by atoms with E-state index in [1.54, 1.807) is 6.20 Å². The molecule has 1 aromatic carbocycles. The molecule has 3 aromatic rings. The number of nitrogens with zero attached hydrogens (tertiary/aromatic N) is 3. The lowest BCUT2D eigenvalue weighted by Gasteiger charge is -2.04. The Morgan fingerprint density at radius 1 is 1.33 bits per heavy atom. The molecule has 24 heavy (non-hydrogen) atoms. The van der Waals surface area contributed by atoms with E-state index in [9.17, 15) is 4.79 Å². The van der Waals surface area contributed by atoms with Crippen LogP contribution in [-0.4, -0.2) is 20.7 Å². The van der Waals surface area contributed by atoms with E-state index in [4.69, 9.17) is 0 Å². The van der Waals surface area contributed by atoms with Crippen LogP contribution in [0.3, 0.4) is 0 Å². The first kappa shape index (κ1) is 15.1. The van der Waals surface area contributed by atoms with E-state index >= 15 is 0 Å². The predicted molar refractivity (Wildman–Crippen MR) is 95.4 cm³/mol. The van der Waals surface area contributed by atoms with Gasteiger partial charge in [0.1, 0.15) is 0 Å². The molecule has 0 unspecified atom stereocenters. The molecular formula is C18H18N4OS. The fraction of sp³-hybridized carbons (Fsp3) is 0.278. The van der Waals surface area contributed by atoms with Crippen molar-refractivity contribution in [3.8, 4) is 11.3 Å². The number of thiazole rings is 1. The van der Waals surface area contributed by atoms with Gasteiger partial charge in [0.05, 0.1) is 23.1 Å². The first-order valence-electron chi connectivity index (χ1n) is 7.98. The predicted octanol–water partition coefficient (Wildman–Crippen LogP) is 3.98. The highest BCUT2D eigenvalue weighted by Crippen LogP contribution is 2.41. The van der Waals surface area contributed by atoms with E-state index in [0.29, 0.717) is 16.6 Å². The third-order valence-electron chi connectivity index (χ3n) is 4.34. The van der Waals surface area contributed by atoms with Crippen LogP contribution in [0.5, 0.6) is 0 Å². The molecule has 1 N–H and O–H groups in total. The highest BCUT2D eigenvalue weighted by molar-refractivity contribution is 7.14. The largest absolute Gasteiger partial charge is 0.298 e. The van der Waals surface area contributed by atoms with Crippen LogP contribution in [-0.2, 0) is 7.05 Å². The first-order chi connectivity index (χ1) is 11.6. The topological polar surface area (TPSA) is 59.8 Å². The molecule has 1 aliphatic carbocycles. The molecule has 2 aromatic heterocycles. The van der Waals surface area contributed by atoms with Gasteiger partial charge < -0.3 is 0 Å². The van der Waals surface area contributed by atoms with Crippen LogP contribution in [0.1, 0.15) is 40.4 Å². The lowest BCUT2D eigenvalue weighted by atomic mass is 10.1. The van der Waals surface area contributed by atoms with Gasteiger partial charge >= 0.3 is 0 Å². The third kappa shape index (κ3) is 2.73. The van der Waals surface area contributed by atoms with Gasteiger partial charge in [0.25, 0.3) is 5.91 Å². The maximum absolute atomic E-state index is 12.6. The molecular weight excluding hydrogens is 320 g/mol. The van der Waals surface area contributed by atoms with Crippen LogP contribution in [0.4, 0.5) is 5.13 Å². The van der Waals surface area contributed by atoms with Crippen molar-refractivity contribution in [1.82, 2.24) is 14.8 Å². The number of hydrogen-bond donors (Lipinski definition) is 1. The number of carbonyl (C=O) groups excluding carboxylic acids is 1. The number of aryl methyl sites for hydroxylation is 2. The Morgan fingerprint density at radius 3 is 2.88 bits per heavy atom. The van der Waals surface area contributed by atoms with Crippen molar-refractivity contribution in [1.29, 1.82) is 0 Å². The molecule has 0 bridgehead atoms. The van der Waals surface area contributed by atoms with Crippen molar-refractivity contribution in [2.75, 3.05) is 5.32 Å². The number of carbonyl (C=O) groups is 1. The number of benzene rings is 1. The number of rotatable bonds is 4. The van der Waals surface area contributed by atoms with Crippen LogP contribution in [0.25, 0.3) is 11.3 Å². The second kappa shape index (κ2) is 5.87. The first-order valence-corrected chi connectivity index (χ1v) is 8.86. The zero-order chi connectivity index (χ0) is 16.7. The summed E-state index contributed by atoms with van der Waals surface area (Å²) in [6, 6.07) is 8.11.